The summed E-state index contributed by atoms with van der Waals surface area (Å²) in [4.78, 5) is 10.5. The van der Waals surface area contributed by atoms with Crippen molar-refractivity contribution >= 4 is 11.4 Å². The first-order valence-corrected chi connectivity index (χ1v) is 6.52. The number of aliphatic hydroxyl groups is 3. The number of ether oxygens (including phenoxy) is 1. The number of aliphatic hydroxyl groups excluding tert-OH is 3. The highest BCUT2D eigenvalue weighted by molar-refractivity contribution is 5.62. The maximum atomic E-state index is 11.1. The number of anilines is 1. The van der Waals surface area contributed by atoms with E-state index in [0.717, 1.165) is 5.56 Å². The zero-order chi connectivity index (χ0) is 15.7. The summed E-state index contributed by atoms with van der Waals surface area (Å²) < 4.78 is 5.36. The molecule has 0 radical (unpaired) electrons. The summed E-state index contributed by atoms with van der Waals surface area (Å²) in [7, 11) is 0. The molecule has 1 saturated heterocycles. The lowest BCUT2D eigenvalue weighted by atomic mass is 9.99. The van der Waals surface area contributed by atoms with Gasteiger partial charge in [0.05, 0.1) is 11.0 Å². The van der Waals surface area contributed by atoms with E-state index in [2.05, 4.69) is 5.32 Å². The van der Waals surface area contributed by atoms with E-state index in [9.17, 15) is 25.4 Å². The van der Waals surface area contributed by atoms with E-state index in [1.165, 1.54) is 19.1 Å². The Hall–Kier alpha value is -1.74. The Labute approximate surface area is 121 Å². The van der Waals surface area contributed by atoms with Crippen molar-refractivity contribution in [3.8, 4) is 0 Å². The fraction of sp³-hybridized carbons (Fsp3) is 0.538. The largest absolute Gasteiger partial charge is 0.388 e. The lowest BCUT2D eigenvalue weighted by Crippen LogP contribution is -2.58. The van der Waals surface area contributed by atoms with Crippen LogP contribution in [0.15, 0.2) is 18.2 Å². The summed E-state index contributed by atoms with van der Waals surface area (Å²) in [6, 6.07) is 4.58. The van der Waals surface area contributed by atoms with Crippen LogP contribution in [-0.2, 0) is 4.74 Å². The third kappa shape index (κ3) is 3.13. The number of aryl methyl sites for hydroxylation is 1. The molecular formula is C13H18N2O6. The second-order valence-corrected chi connectivity index (χ2v) is 5.16. The van der Waals surface area contributed by atoms with E-state index in [0.29, 0.717) is 0 Å². The topological polar surface area (TPSA) is 125 Å². The fourth-order valence-electron chi connectivity index (χ4n) is 2.24. The third-order valence-electron chi connectivity index (χ3n) is 3.50. The minimum atomic E-state index is -1.41. The van der Waals surface area contributed by atoms with Gasteiger partial charge >= 0.3 is 0 Å². The van der Waals surface area contributed by atoms with Gasteiger partial charge in [-0.3, -0.25) is 10.1 Å². The number of nitrogens with one attached hydrogen (secondary N) is 1. The van der Waals surface area contributed by atoms with Gasteiger partial charge in [-0.25, -0.2) is 0 Å². The van der Waals surface area contributed by atoms with Gasteiger partial charge in [0.15, 0.2) is 6.23 Å². The molecule has 1 aromatic carbocycles. The number of benzene rings is 1. The molecule has 0 saturated carbocycles. The SMILES string of the molecule is Cc1ccc(N[C@H]2O[C@@H](C)[C@@H](O)[C@@H](O)[C@@H]2O)c([N+](=O)[O-])c1. The lowest BCUT2D eigenvalue weighted by molar-refractivity contribution is -0.384. The molecule has 0 amide bonds. The van der Waals surface area contributed by atoms with Gasteiger partial charge in [0.2, 0.25) is 0 Å². The van der Waals surface area contributed by atoms with Crippen LogP contribution < -0.4 is 5.32 Å². The Kier molecular flexibility index (Phi) is 4.43. The Balaban J connectivity index is 2.24. The van der Waals surface area contributed by atoms with Crippen molar-refractivity contribution in [1.82, 2.24) is 0 Å². The monoisotopic (exact) mass is 298 g/mol. The van der Waals surface area contributed by atoms with Crippen molar-refractivity contribution in [2.45, 2.75) is 44.5 Å². The van der Waals surface area contributed by atoms with E-state index in [-0.39, 0.29) is 11.4 Å². The van der Waals surface area contributed by atoms with E-state index in [1.807, 2.05) is 0 Å². The minimum Gasteiger partial charge on any atom is -0.388 e. The number of nitro benzene ring substituents is 1. The molecule has 2 rings (SSSR count). The molecule has 116 valence electrons. The normalized spacial score (nSPS) is 32.7. The molecule has 0 spiro atoms. The Morgan fingerprint density at radius 1 is 1.24 bits per heavy atom. The molecule has 1 aliphatic heterocycles. The summed E-state index contributed by atoms with van der Waals surface area (Å²) >= 11 is 0. The van der Waals surface area contributed by atoms with Crippen molar-refractivity contribution < 1.29 is 25.0 Å². The van der Waals surface area contributed by atoms with Gasteiger partial charge in [-0.1, -0.05) is 6.07 Å². The summed E-state index contributed by atoms with van der Waals surface area (Å²) in [5.74, 6) is 0. The number of rotatable bonds is 3. The predicted molar refractivity (Wildman–Crippen MR) is 73.8 cm³/mol. The molecule has 1 aliphatic rings. The summed E-state index contributed by atoms with van der Waals surface area (Å²) in [6.45, 7) is 3.27. The number of nitro groups is 1. The minimum absolute atomic E-state index is 0.154. The fourth-order valence-corrected chi connectivity index (χ4v) is 2.24. The first-order valence-electron chi connectivity index (χ1n) is 6.52. The Morgan fingerprint density at radius 2 is 1.90 bits per heavy atom. The molecule has 4 N–H and O–H groups in total. The number of hydrogen-bond acceptors (Lipinski definition) is 7. The maximum Gasteiger partial charge on any atom is 0.292 e. The molecule has 8 nitrogen and oxygen atoms in total. The van der Waals surface area contributed by atoms with Crippen LogP contribution in [0.5, 0.6) is 0 Å². The molecule has 0 unspecified atom stereocenters. The van der Waals surface area contributed by atoms with Crippen molar-refractivity contribution in [3.63, 3.8) is 0 Å². The first kappa shape index (κ1) is 15.6. The van der Waals surface area contributed by atoms with Crippen LogP contribution in [0.1, 0.15) is 12.5 Å². The Bertz CT molecular complexity index is 537. The van der Waals surface area contributed by atoms with Gasteiger partial charge in [0.1, 0.15) is 24.0 Å². The summed E-state index contributed by atoms with van der Waals surface area (Å²) in [6.07, 6.45) is -5.79. The highest BCUT2D eigenvalue weighted by atomic mass is 16.6. The van der Waals surface area contributed by atoms with E-state index in [1.54, 1.807) is 13.0 Å². The number of nitrogens with zero attached hydrogens (tertiary/aromatic N) is 1. The van der Waals surface area contributed by atoms with Crippen LogP contribution in [0.4, 0.5) is 11.4 Å². The molecule has 1 fully saturated rings. The zero-order valence-electron chi connectivity index (χ0n) is 11.6. The highest BCUT2D eigenvalue weighted by Crippen LogP contribution is 2.29. The smallest absolute Gasteiger partial charge is 0.292 e. The highest BCUT2D eigenvalue weighted by Gasteiger charge is 2.42. The second-order valence-electron chi connectivity index (χ2n) is 5.16. The second kappa shape index (κ2) is 5.94. The van der Waals surface area contributed by atoms with E-state index < -0.39 is 35.6 Å². The van der Waals surface area contributed by atoms with Crippen molar-refractivity contribution in [2.75, 3.05) is 5.32 Å². The molecule has 0 aromatic heterocycles. The van der Waals surface area contributed by atoms with Crippen LogP contribution in [0.2, 0.25) is 0 Å². The van der Waals surface area contributed by atoms with Crippen LogP contribution in [-0.4, -0.2) is 50.9 Å². The molecule has 21 heavy (non-hydrogen) atoms. The predicted octanol–water partition coefficient (Wildman–Crippen LogP) is 0.143. The standard InChI is InChI=1S/C13H18N2O6/c1-6-3-4-8(9(5-6)15(19)20)14-13-12(18)11(17)10(16)7(2)21-13/h3-5,7,10-14,16-18H,1-2H3/t7-,10+,11+,12-,13-/m0/s1. The van der Waals surface area contributed by atoms with Crippen molar-refractivity contribution in [2.24, 2.45) is 0 Å². The summed E-state index contributed by atoms with van der Waals surface area (Å²) in [5.41, 5.74) is 0.741. The molecule has 8 heteroatoms. The zero-order valence-corrected chi connectivity index (χ0v) is 11.6. The van der Waals surface area contributed by atoms with Crippen LogP contribution >= 0.6 is 0 Å². The first-order chi connectivity index (χ1) is 9.81. The van der Waals surface area contributed by atoms with E-state index in [4.69, 9.17) is 4.74 Å². The van der Waals surface area contributed by atoms with Gasteiger partial charge < -0.3 is 25.4 Å². The van der Waals surface area contributed by atoms with Gasteiger partial charge in [-0.2, -0.15) is 0 Å². The molecule has 5 atom stereocenters. The van der Waals surface area contributed by atoms with Gasteiger partial charge in [0, 0.05) is 6.07 Å². The van der Waals surface area contributed by atoms with Gasteiger partial charge in [-0.05, 0) is 25.5 Å². The van der Waals surface area contributed by atoms with Crippen LogP contribution in [0, 0.1) is 17.0 Å². The molecule has 1 aromatic rings. The Morgan fingerprint density at radius 3 is 2.52 bits per heavy atom. The third-order valence-corrected chi connectivity index (χ3v) is 3.50. The lowest BCUT2D eigenvalue weighted by Gasteiger charge is -2.39. The van der Waals surface area contributed by atoms with Crippen LogP contribution in [0.3, 0.4) is 0 Å². The molecular weight excluding hydrogens is 280 g/mol. The van der Waals surface area contributed by atoms with Crippen LogP contribution in [0.25, 0.3) is 0 Å². The maximum absolute atomic E-state index is 11.1. The molecule has 0 aliphatic carbocycles. The van der Waals surface area contributed by atoms with E-state index >= 15 is 0 Å². The average molecular weight is 298 g/mol. The van der Waals surface area contributed by atoms with Crippen molar-refractivity contribution in [3.05, 3.63) is 33.9 Å². The van der Waals surface area contributed by atoms with Crippen molar-refractivity contribution in [1.29, 1.82) is 0 Å². The molecule has 1 heterocycles. The summed E-state index contributed by atoms with van der Waals surface area (Å²) in [5, 5.41) is 43.0. The quantitative estimate of drug-likeness (QED) is 0.462. The molecule has 0 bridgehead atoms. The average Bonchev–Trinajstić information content (AvgIpc) is 2.44. The van der Waals surface area contributed by atoms with Gasteiger partial charge in [-0.15, -0.1) is 0 Å². The number of hydrogen-bond donors (Lipinski definition) is 4. The van der Waals surface area contributed by atoms with Gasteiger partial charge in [0.25, 0.3) is 5.69 Å².